The first kappa shape index (κ1) is 10.8. The van der Waals surface area contributed by atoms with E-state index in [9.17, 15) is 0 Å². The SMILES string of the molecule is CC.NC(=S)C1CCNCC1. The summed E-state index contributed by atoms with van der Waals surface area (Å²) in [5.74, 6) is 0.501. The molecule has 2 nitrogen and oxygen atoms in total. The van der Waals surface area contributed by atoms with Crippen molar-refractivity contribution >= 4 is 17.2 Å². The van der Waals surface area contributed by atoms with Crippen LogP contribution in [0.2, 0.25) is 0 Å². The van der Waals surface area contributed by atoms with Crippen molar-refractivity contribution in [3.63, 3.8) is 0 Å². The van der Waals surface area contributed by atoms with Crippen LogP contribution in [0.15, 0.2) is 0 Å². The largest absolute Gasteiger partial charge is 0.393 e. The molecule has 0 atom stereocenters. The molecule has 11 heavy (non-hydrogen) atoms. The summed E-state index contributed by atoms with van der Waals surface area (Å²) in [4.78, 5) is 0.691. The van der Waals surface area contributed by atoms with E-state index in [1.165, 1.54) is 0 Å². The topological polar surface area (TPSA) is 38.0 Å². The lowest BCUT2D eigenvalue weighted by atomic mass is 9.99. The van der Waals surface area contributed by atoms with Crippen molar-refractivity contribution in [3.8, 4) is 0 Å². The van der Waals surface area contributed by atoms with Gasteiger partial charge in [0.25, 0.3) is 0 Å². The van der Waals surface area contributed by atoms with Crippen LogP contribution in [-0.4, -0.2) is 18.1 Å². The van der Waals surface area contributed by atoms with Crippen LogP contribution in [0.4, 0.5) is 0 Å². The highest BCUT2D eigenvalue weighted by Crippen LogP contribution is 2.10. The third-order valence-corrected chi connectivity index (χ3v) is 2.07. The Morgan fingerprint density at radius 1 is 1.36 bits per heavy atom. The summed E-state index contributed by atoms with van der Waals surface area (Å²) in [5.41, 5.74) is 5.47. The van der Waals surface area contributed by atoms with Gasteiger partial charge < -0.3 is 11.1 Å². The third-order valence-electron chi connectivity index (χ3n) is 1.74. The van der Waals surface area contributed by atoms with Crippen LogP contribution in [0.1, 0.15) is 26.7 Å². The highest BCUT2D eigenvalue weighted by Gasteiger charge is 2.14. The summed E-state index contributed by atoms with van der Waals surface area (Å²) < 4.78 is 0. The van der Waals surface area contributed by atoms with Gasteiger partial charge >= 0.3 is 0 Å². The zero-order valence-corrected chi connectivity index (χ0v) is 8.21. The van der Waals surface area contributed by atoms with E-state index >= 15 is 0 Å². The Morgan fingerprint density at radius 2 is 1.82 bits per heavy atom. The smallest absolute Gasteiger partial charge is 0.0759 e. The standard InChI is InChI=1S/C6H12N2S.C2H6/c7-6(9)5-1-3-8-4-2-5;1-2/h5,8H,1-4H2,(H2,7,9);1-2H3. The van der Waals surface area contributed by atoms with Crippen molar-refractivity contribution in [2.24, 2.45) is 11.7 Å². The Morgan fingerprint density at radius 3 is 2.09 bits per heavy atom. The first-order valence-corrected chi connectivity index (χ1v) is 4.71. The van der Waals surface area contributed by atoms with Gasteiger partial charge in [-0.3, -0.25) is 0 Å². The first-order valence-electron chi connectivity index (χ1n) is 4.31. The molecule has 0 saturated carbocycles. The number of rotatable bonds is 1. The minimum Gasteiger partial charge on any atom is -0.393 e. The highest BCUT2D eigenvalue weighted by atomic mass is 32.1. The van der Waals surface area contributed by atoms with Crippen LogP contribution in [-0.2, 0) is 0 Å². The summed E-state index contributed by atoms with van der Waals surface area (Å²) >= 11 is 4.87. The van der Waals surface area contributed by atoms with Crippen molar-refractivity contribution in [2.75, 3.05) is 13.1 Å². The number of piperidine rings is 1. The van der Waals surface area contributed by atoms with Crippen LogP contribution in [0, 0.1) is 5.92 Å². The quantitative estimate of drug-likeness (QED) is 0.588. The maximum Gasteiger partial charge on any atom is 0.0759 e. The molecule has 1 aliphatic heterocycles. The van der Waals surface area contributed by atoms with Gasteiger partial charge in [-0.25, -0.2) is 0 Å². The summed E-state index contributed by atoms with van der Waals surface area (Å²) in [6.45, 7) is 6.14. The van der Waals surface area contributed by atoms with Crippen LogP contribution < -0.4 is 11.1 Å². The molecule has 1 fully saturated rings. The van der Waals surface area contributed by atoms with E-state index in [0.717, 1.165) is 25.9 Å². The van der Waals surface area contributed by atoms with Crippen LogP contribution in [0.3, 0.4) is 0 Å². The zero-order chi connectivity index (χ0) is 8.69. The number of nitrogens with one attached hydrogen (secondary N) is 1. The molecule has 1 heterocycles. The number of nitrogens with two attached hydrogens (primary N) is 1. The normalized spacial score (nSPS) is 18.4. The Hall–Kier alpha value is -0.150. The van der Waals surface area contributed by atoms with Crippen molar-refractivity contribution in [1.82, 2.24) is 5.32 Å². The molecule has 0 spiro atoms. The maximum atomic E-state index is 5.47. The van der Waals surface area contributed by atoms with E-state index in [-0.39, 0.29) is 0 Å². The van der Waals surface area contributed by atoms with Crippen LogP contribution >= 0.6 is 12.2 Å². The Labute approximate surface area is 74.5 Å². The molecular formula is C8H18N2S. The first-order chi connectivity index (χ1) is 5.30. The molecule has 0 aromatic heterocycles. The fourth-order valence-electron chi connectivity index (χ4n) is 1.11. The Kier molecular flexibility index (Phi) is 6.46. The summed E-state index contributed by atoms with van der Waals surface area (Å²) in [6, 6.07) is 0. The number of thiocarbonyl (C=S) groups is 1. The predicted molar refractivity (Wildman–Crippen MR) is 53.7 cm³/mol. The zero-order valence-electron chi connectivity index (χ0n) is 7.39. The molecule has 0 bridgehead atoms. The predicted octanol–water partition coefficient (Wildman–Crippen LogP) is 1.30. The second-order valence-corrected chi connectivity index (χ2v) is 2.90. The molecule has 1 rings (SSSR count). The minimum absolute atomic E-state index is 0.501. The molecule has 3 heteroatoms. The van der Waals surface area contributed by atoms with Gasteiger partial charge in [-0.1, -0.05) is 26.1 Å². The van der Waals surface area contributed by atoms with Gasteiger partial charge in [0.15, 0.2) is 0 Å². The molecule has 66 valence electrons. The number of hydrogen-bond donors (Lipinski definition) is 2. The van der Waals surface area contributed by atoms with E-state index in [2.05, 4.69) is 5.32 Å². The summed E-state index contributed by atoms with van der Waals surface area (Å²) in [5, 5.41) is 3.25. The lowest BCUT2D eigenvalue weighted by Gasteiger charge is -2.20. The monoisotopic (exact) mass is 174 g/mol. The maximum absolute atomic E-state index is 5.47. The van der Waals surface area contributed by atoms with Gasteiger partial charge in [0, 0.05) is 5.92 Å². The molecule has 0 aliphatic carbocycles. The molecule has 3 N–H and O–H groups in total. The molecular weight excluding hydrogens is 156 g/mol. The van der Waals surface area contributed by atoms with Crippen molar-refractivity contribution in [3.05, 3.63) is 0 Å². The van der Waals surface area contributed by atoms with E-state index in [1.807, 2.05) is 13.8 Å². The minimum atomic E-state index is 0.501. The van der Waals surface area contributed by atoms with E-state index in [1.54, 1.807) is 0 Å². The van der Waals surface area contributed by atoms with Gasteiger partial charge in [0.2, 0.25) is 0 Å². The van der Waals surface area contributed by atoms with E-state index in [0.29, 0.717) is 10.9 Å². The number of hydrogen-bond acceptors (Lipinski definition) is 2. The second kappa shape index (κ2) is 6.55. The summed E-state index contributed by atoms with van der Waals surface area (Å²) in [6.07, 6.45) is 2.24. The van der Waals surface area contributed by atoms with Crippen LogP contribution in [0.5, 0.6) is 0 Å². The molecule has 1 aliphatic rings. The molecule has 0 amide bonds. The van der Waals surface area contributed by atoms with Crippen molar-refractivity contribution < 1.29 is 0 Å². The van der Waals surface area contributed by atoms with E-state index < -0.39 is 0 Å². The lowest BCUT2D eigenvalue weighted by molar-refractivity contribution is 0.458. The molecule has 0 aromatic carbocycles. The molecule has 0 unspecified atom stereocenters. The molecule has 0 radical (unpaired) electrons. The average Bonchev–Trinajstić information content (AvgIpc) is 2.10. The fourth-order valence-corrected chi connectivity index (χ4v) is 1.34. The Bertz CT molecular complexity index is 109. The van der Waals surface area contributed by atoms with Crippen LogP contribution in [0.25, 0.3) is 0 Å². The van der Waals surface area contributed by atoms with E-state index in [4.69, 9.17) is 18.0 Å². The van der Waals surface area contributed by atoms with Crippen molar-refractivity contribution in [2.45, 2.75) is 26.7 Å². The van der Waals surface area contributed by atoms with Gasteiger partial charge in [-0.05, 0) is 25.9 Å². The lowest BCUT2D eigenvalue weighted by Crippen LogP contribution is -2.34. The van der Waals surface area contributed by atoms with Gasteiger partial charge in [0.1, 0.15) is 0 Å². The molecule has 1 saturated heterocycles. The van der Waals surface area contributed by atoms with Gasteiger partial charge in [0.05, 0.1) is 4.99 Å². The molecule has 0 aromatic rings. The van der Waals surface area contributed by atoms with Gasteiger partial charge in [-0.2, -0.15) is 0 Å². The second-order valence-electron chi connectivity index (χ2n) is 2.43. The highest BCUT2D eigenvalue weighted by molar-refractivity contribution is 7.80. The average molecular weight is 174 g/mol. The van der Waals surface area contributed by atoms with Gasteiger partial charge in [-0.15, -0.1) is 0 Å². The van der Waals surface area contributed by atoms with Crippen molar-refractivity contribution in [1.29, 1.82) is 0 Å². The summed E-state index contributed by atoms with van der Waals surface area (Å²) in [7, 11) is 0. The third kappa shape index (κ3) is 4.32. The fraction of sp³-hybridized carbons (Fsp3) is 0.875. The Balaban J connectivity index is 0.000000461.